The number of hydrogen-bond donors (Lipinski definition) is 1. The first-order valence-electron chi connectivity index (χ1n) is 14.9. The lowest BCUT2D eigenvalue weighted by Crippen LogP contribution is -2.69. The van der Waals surface area contributed by atoms with Gasteiger partial charge < -0.3 is 19.5 Å². The van der Waals surface area contributed by atoms with Crippen molar-refractivity contribution in [2.45, 2.75) is 64.6 Å². The van der Waals surface area contributed by atoms with Gasteiger partial charge in [0.1, 0.15) is 12.8 Å². The van der Waals surface area contributed by atoms with Gasteiger partial charge in [-0.3, -0.25) is 14.4 Å². The molecule has 6 rings (SSSR count). The Balaban J connectivity index is 1.35. The number of nitrogens with zero attached hydrogens (tertiary/aromatic N) is 1. The smallest absolute Gasteiger partial charge is 0.410 e. The molecule has 4 aliphatic carbocycles. The molecule has 3 saturated carbocycles. The van der Waals surface area contributed by atoms with E-state index in [1.54, 1.807) is 0 Å². The SMILES string of the molecule is CC(=O)OCC(=O)[C@@]12CN(C(=O)OCc3ccccc3)C[C@@H]1C[C@H]1[C@@H]3C[C@H](F)C4=CC(=O)C=C[C@]4(C)[C@@]3(F)[C@@H](O)C[C@@]12C. The fourth-order valence-corrected chi connectivity index (χ4v) is 9.53. The van der Waals surface area contributed by atoms with Crippen molar-refractivity contribution in [3.63, 3.8) is 0 Å². The number of rotatable bonds is 5. The highest BCUT2D eigenvalue weighted by Crippen LogP contribution is 2.74. The van der Waals surface area contributed by atoms with Gasteiger partial charge in [0, 0.05) is 31.3 Å². The summed E-state index contributed by atoms with van der Waals surface area (Å²) in [4.78, 5) is 52.7. The predicted molar refractivity (Wildman–Crippen MR) is 150 cm³/mol. The molecule has 4 fully saturated rings. The molecule has 0 bridgehead atoms. The zero-order valence-corrected chi connectivity index (χ0v) is 24.6. The molecule has 8 nitrogen and oxygen atoms in total. The van der Waals surface area contributed by atoms with E-state index in [0.29, 0.717) is 6.42 Å². The number of aliphatic hydroxyl groups is 1. The number of allylic oxidation sites excluding steroid dienone is 4. The molecule has 1 saturated heterocycles. The summed E-state index contributed by atoms with van der Waals surface area (Å²) in [5.74, 6) is -3.39. The van der Waals surface area contributed by atoms with Crippen molar-refractivity contribution in [1.82, 2.24) is 4.90 Å². The van der Waals surface area contributed by atoms with Crippen molar-refractivity contribution in [1.29, 1.82) is 0 Å². The topological polar surface area (TPSA) is 110 Å². The largest absolute Gasteiger partial charge is 0.458 e. The number of carbonyl (C=O) groups excluding carboxylic acids is 4. The number of amides is 1. The van der Waals surface area contributed by atoms with Crippen LogP contribution < -0.4 is 0 Å². The van der Waals surface area contributed by atoms with Crippen LogP contribution in [0.2, 0.25) is 0 Å². The van der Waals surface area contributed by atoms with E-state index in [9.17, 15) is 24.3 Å². The zero-order chi connectivity index (χ0) is 30.9. The van der Waals surface area contributed by atoms with Gasteiger partial charge in [-0.15, -0.1) is 0 Å². The molecule has 1 aliphatic heterocycles. The van der Waals surface area contributed by atoms with Crippen molar-refractivity contribution in [3.05, 3.63) is 59.7 Å². The van der Waals surface area contributed by atoms with E-state index in [2.05, 4.69) is 0 Å². The van der Waals surface area contributed by atoms with E-state index in [1.165, 1.54) is 30.9 Å². The van der Waals surface area contributed by atoms with E-state index in [0.717, 1.165) is 11.6 Å². The van der Waals surface area contributed by atoms with Crippen molar-refractivity contribution in [3.8, 4) is 0 Å². The number of likely N-dealkylation sites (tertiary alicyclic amines) is 1. The number of fused-ring (bicyclic) bond motifs is 7. The van der Waals surface area contributed by atoms with E-state index >= 15 is 8.78 Å². The Labute approximate surface area is 249 Å². The molecule has 0 aromatic heterocycles. The minimum atomic E-state index is -2.28. The fourth-order valence-electron chi connectivity index (χ4n) is 9.53. The number of hydrogen-bond acceptors (Lipinski definition) is 7. The Kier molecular flexibility index (Phi) is 6.95. The second-order valence-electron chi connectivity index (χ2n) is 13.4. The van der Waals surface area contributed by atoms with Crippen LogP contribution in [0.15, 0.2) is 54.1 Å². The van der Waals surface area contributed by atoms with Crippen molar-refractivity contribution >= 4 is 23.6 Å². The summed E-state index contributed by atoms with van der Waals surface area (Å²) in [5, 5.41) is 11.7. The van der Waals surface area contributed by atoms with Gasteiger partial charge >= 0.3 is 12.1 Å². The number of ether oxygens (including phenoxy) is 2. The summed E-state index contributed by atoms with van der Waals surface area (Å²) in [6.07, 6.45) is -0.0668. The van der Waals surface area contributed by atoms with Crippen LogP contribution in [0.25, 0.3) is 0 Å². The van der Waals surface area contributed by atoms with Gasteiger partial charge in [0.05, 0.1) is 11.5 Å². The number of aliphatic hydroxyl groups excluding tert-OH is 1. The van der Waals surface area contributed by atoms with E-state index < -0.39 is 82.2 Å². The summed E-state index contributed by atoms with van der Waals surface area (Å²) >= 11 is 0. The van der Waals surface area contributed by atoms with Crippen LogP contribution in [0.1, 0.15) is 45.6 Å². The van der Waals surface area contributed by atoms with Gasteiger partial charge in [0.2, 0.25) is 0 Å². The van der Waals surface area contributed by atoms with Crippen molar-refractivity contribution in [2.24, 2.45) is 34.0 Å². The monoisotopic (exact) mass is 597 g/mol. The maximum absolute atomic E-state index is 17.6. The molecule has 1 aromatic rings. The lowest BCUT2D eigenvalue weighted by atomic mass is 9.43. The van der Waals surface area contributed by atoms with Crippen LogP contribution in [0.5, 0.6) is 0 Å². The molecule has 9 atom stereocenters. The maximum Gasteiger partial charge on any atom is 0.410 e. The van der Waals surface area contributed by atoms with E-state index in [4.69, 9.17) is 9.47 Å². The van der Waals surface area contributed by atoms with Crippen LogP contribution >= 0.6 is 0 Å². The third kappa shape index (κ3) is 4.08. The summed E-state index contributed by atoms with van der Waals surface area (Å²) < 4.78 is 44.2. The number of Topliss-reactive ketones (excluding diaryl/α,β-unsaturated/α-hetero) is 1. The molecule has 1 aromatic carbocycles. The Morgan fingerprint density at radius 3 is 2.51 bits per heavy atom. The summed E-state index contributed by atoms with van der Waals surface area (Å²) in [6.45, 7) is 4.19. The van der Waals surface area contributed by atoms with Gasteiger partial charge in [-0.1, -0.05) is 43.3 Å². The standard InChI is InChI=1S/C33H37F2NO7/c1-19(37)42-17-28(40)32-18-36(29(41)43-16-20-7-5-4-6-8-20)15-21(32)11-23-24-13-26(34)25-12-22(38)9-10-30(25,2)33(24,35)27(39)14-31(23,32)3/h4-10,12,21,23-24,26-27,39H,11,13-18H2,1-3H3/t21-,23-,24-,26-,27-,30-,31-,32+,33-/m0/s1. The summed E-state index contributed by atoms with van der Waals surface area (Å²) in [5.41, 5.74) is -5.31. The van der Waals surface area contributed by atoms with Crippen LogP contribution in [0.3, 0.4) is 0 Å². The predicted octanol–water partition coefficient (Wildman–Crippen LogP) is 4.30. The highest BCUT2D eigenvalue weighted by molar-refractivity contribution is 6.01. The lowest BCUT2D eigenvalue weighted by molar-refractivity contribution is -0.212. The minimum absolute atomic E-state index is 0.0348. The summed E-state index contributed by atoms with van der Waals surface area (Å²) in [7, 11) is 0. The Morgan fingerprint density at radius 1 is 1.09 bits per heavy atom. The molecular weight excluding hydrogens is 560 g/mol. The number of halogens is 2. The first kappa shape index (κ1) is 29.7. The van der Waals surface area contributed by atoms with Crippen molar-refractivity contribution < 1.29 is 42.5 Å². The number of ketones is 2. The molecule has 1 N–H and O–H groups in total. The number of esters is 1. The summed E-state index contributed by atoms with van der Waals surface area (Å²) in [6, 6.07) is 9.18. The second kappa shape index (κ2) is 10.1. The molecule has 0 spiro atoms. The zero-order valence-electron chi connectivity index (χ0n) is 24.6. The Hall–Kier alpha value is -3.40. The maximum atomic E-state index is 17.6. The van der Waals surface area contributed by atoms with Crippen LogP contribution in [-0.4, -0.2) is 71.3 Å². The second-order valence-corrected chi connectivity index (χ2v) is 13.4. The Bertz CT molecular complexity index is 1430. The normalized spacial score (nSPS) is 41.0. The molecule has 1 amide bonds. The average Bonchev–Trinajstić information content (AvgIpc) is 3.47. The van der Waals surface area contributed by atoms with E-state index in [-0.39, 0.29) is 38.1 Å². The van der Waals surface area contributed by atoms with Crippen LogP contribution in [-0.2, 0) is 30.5 Å². The third-order valence-electron chi connectivity index (χ3n) is 11.5. The molecule has 5 aliphatic rings. The lowest BCUT2D eigenvalue weighted by Gasteiger charge is -2.63. The Morgan fingerprint density at radius 2 is 1.81 bits per heavy atom. The number of alkyl halides is 2. The minimum Gasteiger partial charge on any atom is -0.458 e. The van der Waals surface area contributed by atoms with Crippen LogP contribution in [0, 0.1) is 34.0 Å². The third-order valence-corrected chi connectivity index (χ3v) is 11.5. The molecule has 0 radical (unpaired) electrons. The molecule has 230 valence electrons. The van der Waals surface area contributed by atoms with Gasteiger partial charge in [0.15, 0.2) is 23.8 Å². The van der Waals surface area contributed by atoms with E-state index in [1.807, 2.05) is 37.3 Å². The quantitative estimate of drug-likeness (QED) is 0.504. The van der Waals surface area contributed by atoms with Gasteiger partial charge in [0.25, 0.3) is 0 Å². The highest BCUT2D eigenvalue weighted by atomic mass is 19.1. The number of carbonyl (C=O) groups is 4. The number of benzene rings is 1. The van der Waals surface area contributed by atoms with Gasteiger partial charge in [-0.05, 0) is 66.7 Å². The molecule has 43 heavy (non-hydrogen) atoms. The first-order valence-corrected chi connectivity index (χ1v) is 14.9. The molecule has 0 unspecified atom stereocenters. The van der Waals surface area contributed by atoms with Gasteiger partial charge in [-0.25, -0.2) is 13.6 Å². The van der Waals surface area contributed by atoms with Gasteiger partial charge in [-0.2, -0.15) is 0 Å². The molecular formula is C33H37F2NO7. The highest BCUT2D eigenvalue weighted by Gasteiger charge is 2.78. The van der Waals surface area contributed by atoms with Crippen molar-refractivity contribution in [2.75, 3.05) is 19.7 Å². The van der Waals surface area contributed by atoms with Crippen LogP contribution in [0.4, 0.5) is 13.6 Å². The molecule has 1 heterocycles. The first-order chi connectivity index (χ1) is 20.3. The fraction of sp³-hybridized carbons (Fsp3) is 0.576. The average molecular weight is 598 g/mol. The molecule has 10 heteroatoms.